The van der Waals surface area contributed by atoms with Crippen LogP contribution in [0.3, 0.4) is 0 Å². The number of esters is 1. The molecule has 34 heavy (non-hydrogen) atoms. The van der Waals surface area contributed by atoms with Gasteiger partial charge in [0.25, 0.3) is 15.9 Å². The third kappa shape index (κ3) is 4.79. The first kappa shape index (κ1) is 22.7. The molecule has 1 heterocycles. The van der Waals surface area contributed by atoms with Crippen molar-refractivity contribution in [2.75, 3.05) is 23.4 Å². The van der Waals surface area contributed by atoms with Crippen LogP contribution in [0.15, 0.2) is 88.2 Å². The van der Waals surface area contributed by atoms with Crippen LogP contribution in [-0.2, 0) is 19.6 Å². The van der Waals surface area contributed by atoms with E-state index >= 15 is 0 Å². The Hall–Kier alpha value is -4.49. The molecular formula is C24H18N4O5S. The zero-order valence-corrected chi connectivity index (χ0v) is 18.5. The third-order valence-electron chi connectivity index (χ3n) is 4.94. The number of benzene rings is 3. The van der Waals surface area contributed by atoms with Crippen molar-refractivity contribution < 1.29 is 22.7 Å². The van der Waals surface area contributed by atoms with Gasteiger partial charge in [0.05, 0.1) is 11.6 Å². The molecule has 10 heteroatoms. The van der Waals surface area contributed by atoms with E-state index in [0.717, 1.165) is 0 Å². The normalized spacial score (nSPS) is 13.2. The molecule has 170 valence electrons. The van der Waals surface area contributed by atoms with Crippen LogP contribution in [0.4, 0.5) is 11.4 Å². The van der Waals surface area contributed by atoms with Crippen molar-refractivity contribution in [3.05, 3.63) is 90.0 Å². The van der Waals surface area contributed by atoms with Crippen LogP contribution in [0.25, 0.3) is 0 Å². The summed E-state index contributed by atoms with van der Waals surface area (Å²) in [5, 5.41) is 12.0. The zero-order chi connectivity index (χ0) is 24.1. The Morgan fingerprint density at radius 2 is 1.65 bits per heavy atom. The molecule has 3 aromatic carbocycles. The highest BCUT2D eigenvalue weighted by molar-refractivity contribution is 7.90. The molecule has 0 spiro atoms. The van der Waals surface area contributed by atoms with Gasteiger partial charge < -0.3 is 10.1 Å². The summed E-state index contributed by atoms with van der Waals surface area (Å²) in [4.78, 5) is 26.2. The maximum atomic E-state index is 12.5. The monoisotopic (exact) mass is 474 g/mol. The first-order chi connectivity index (χ1) is 16.4. The number of hydrogen-bond donors (Lipinski definition) is 1. The minimum atomic E-state index is -3.75. The maximum absolute atomic E-state index is 12.5. The smallest absolute Gasteiger partial charge is 0.338 e. The van der Waals surface area contributed by atoms with Gasteiger partial charge >= 0.3 is 5.97 Å². The van der Waals surface area contributed by atoms with Crippen LogP contribution < -0.4 is 10.2 Å². The summed E-state index contributed by atoms with van der Waals surface area (Å²) in [5.41, 5.74) is 1.71. The highest BCUT2D eigenvalue weighted by Crippen LogP contribution is 2.26. The van der Waals surface area contributed by atoms with Crippen molar-refractivity contribution in [3.63, 3.8) is 0 Å². The van der Waals surface area contributed by atoms with Gasteiger partial charge in [0, 0.05) is 16.9 Å². The number of sulfonamides is 1. The fourth-order valence-electron chi connectivity index (χ4n) is 3.31. The summed E-state index contributed by atoms with van der Waals surface area (Å²) >= 11 is 0. The van der Waals surface area contributed by atoms with Crippen LogP contribution in [0, 0.1) is 11.3 Å². The highest BCUT2D eigenvalue weighted by Gasteiger charge is 2.28. The number of carbonyl (C=O) groups excluding carboxylic acids is 2. The number of ether oxygens (including phenoxy) is 1. The number of fused-ring (bicyclic) bond motifs is 1. The number of anilines is 2. The standard InChI is InChI=1S/C24H18N4O5S/c25-14-15-28(19-6-2-1-3-7-19)22(29)16-33-24(30)17-10-12-18(13-11-17)26-23-20-8-4-5-9-21(20)34(31,32)27-23/h1-13H,15-16H2,(H,26,27). The molecule has 1 amide bonds. The number of nitriles is 1. The summed E-state index contributed by atoms with van der Waals surface area (Å²) in [6.45, 7) is -0.704. The van der Waals surface area contributed by atoms with E-state index in [1.807, 2.05) is 6.07 Å². The first-order valence-corrected chi connectivity index (χ1v) is 11.5. The summed E-state index contributed by atoms with van der Waals surface area (Å²) in [6.07, 6.45) is 0. The number of rotatable bonds is 6. The van der Waals surface area contributed by atoms with Gasteiger partial charge in [0.1, 0.15) is 11.4 Å². The van der Waals surface area contributed by atoms with Gasteiger partial charge in [-0.1, -0.05) is 30.3 Å². The molecule has 3 aromatic rings. The molecule has 1 aliphatic rings. The Morgan fingerprint density at radius 3 is 2.35 bits per heavy atom. The van der Waals surface area contributed by atoms with E-state index in [1.54, 1.807) is 60.7 Å². The zero-order valence-electron chi connectivity index (χ0n) is 17.7. The number of nitrogens with zero attached hydrogens (tertiary/aromatic N) is 3. The minimum Gasteiger partial charge on any atom is -0.452 e. The second kappa shape index (κ2) is 9.56. The maximum Gasteiger partial charge on any atom is 0.338 e. The van der Waals surface area contributed by atoms with Crippen molar-refractivity contribution in [2.24, 2.45) is 4.40 Å². The molecule has 0 aliphatic carbocycles. The van der Waals surface area contributed by atoms with Crippen molar-refractivity contribution in [2.45, 2.75) is 4.90 Å². The number of amides is 1. The highest BCUT2D eigenvalue weighted by atomic mass is 32.2. The number of amidine groups is 1. The van der Waals surface area contributed by atoms with E-state index in [2.05, 4.69) is 9.71 Å². The topological polar surface area (TPSA) is 129 Å². The lowest BCUT2D eigenvalue weighted by Gasteiger charge is -2.19. The van der Waals surface area contributed by atoms with Crippen molar-refractivity contribution >= 4 is 39.1 Å². The molecular weight excluding hydrogens is 456 g/mol. The number of nitrogens with one attached hydrogen (secondary N) is 1. The molecule has 9 nitrogen and oxygen atoms in total. The Kier molecular flexibility index (Phi) is 6.38. The fourth-order valence-corrected chi connectivity index (χ4v) is 4.49. The summed E-state index contributed by atoms with van der Waals surface area (Å²) in [5.74, 6) is -1.05. The molecule has 1 aliphatic heterocycles. The largest absolute Gasteiger partial charge is 0.452 e. The van der Waals surface area contributed by atoms with Gasteiger partial charge in [0.15, 0.2) is 12.4 Å². The van der Waals surface area contributed by atoms with E-state index in [0.29, 0.717) is 16.9 Å². The molecule has 1 N–H and O–H groups in total. The lowest BCUT2D eigenvalue weighted by molar-refractivity contribution is -0.121. The SMILES string of the molecule is N#CCN(C(=O)COC(=O)c1ccc(NC2=NS(=O)(=O)c3ccccc32)cc1)c1ccccc1. The van der Waals surface area contributed by atoms with E-state index in [9.17, 15) is 18.0 Å². The van der Waals surface area contributed by atoms with Gasteiger partial charge in [-0.2, -0.15) is 13.7 Å². The average molecular weight is 474 g/mol. The molecule has 0 radical (unpaired) electrons. The van der Waals surface area contributed by atoms with Gasteiger partial charge in [0.2, 0.25) is 0 Å². The minimum absolute atomic E-state index is 0.128. The predicted octanol–water partition coefficient (Wildman–Crippen LogP) is 2.96. The second-order valence-electron chi connectivity index (χ2n) is 7.16. The Labute approximate surface area is 196 Å². The van der Waals surface area contributed by atoms with Gasteiger partial charge in [-0.05, 0) is 48.5 Å². The summed E-state index contributed by atoms with van der Waals surface area (Å²) < 4.78 is 33.2. The quantitative estimate of drug-likeness (QED) is 0.429. The Balaban J connectivity index is 1.39. The van der Waals surface area contributed by atoms with E-state index in [1.165, 1.54) is 23.1 Å². The lowest BCUT2D eigenvalue weighted by atomic mass is 10.1. The van der Waals surface area contributed by atoms with Gasteiger partial charge in [-0.3, -0.25) is 9.69 Å². The molecule has 0 atom stereocenters. The van der Waals surface area contributed by atoms with Crippen molar-refractivity contribution in [3.8, 4) is 6.07 Å². The van der Waals surface area contributed by atoms with Crippen LogP contribution in [0.2, 0.25) is 0 Å². The molecule has 0 aromatic heterocycles. The van der Waals surface area contributed by atoms with Crippen LogP contribution >= 0.6 is 0 Å². The van der Waals surface area contributed by atoms with Gasteiger partial charge in [-0.15, -0.1) is 4.40 Å². The Morgan fingerprint density at radius 1 is 0.971 bits per heavy atom. The molecule has 0 bridgehead atoms. The molecule has 0 unspecified atom stereocenters. The van der Waals surface area contributed by atoms with E-state index in [4.69, 9.17) is 10.00 Å². The van der Waals surface area contributed by atoms with Crippen LogP contribution in [0.1, 0.15) is 15.9 Å². The van der Waals surface area contributed by atoms with Crippen LogP contribution in [-0.4, -0.2) is 39.3 Å². The van der Waals surface area contributed by atoms with Gasteiger partial charge in [-0.25, -0.2) is 4.79 Å². The second-order valence-corrected chi connectivity index (χ2v) is 8.74. The molecule has 0 saturated carbocycles. The van der Waals surface area contributed by atoms with E-state index < -0.39 is 28.5 Å². The van der Waals surface area contributed by atoms with Crippen LogP contribution in [0.5, 0.6) is 0 Å². The molecule has 4 rings (SSSR count). The number of hydrogen-bond acceptors (Lipinski definition) is 7. The predicted molar refractivity (Wildman–Crippen MR) is 125 cm³/mol. The third-order valence-corrected chi connectivity index (χ3v) is 6.27. The lowest BCUT2D eigenvalue weighted by Crippen LogP contribution is -2.35. The number of carbonyl (C=O) groups is 2. The fraction of sp³-hybridized carbons (Fsp3) is 0.0833. The molecule has 0 saturated heterocycles. The van der Waals surface area contributed by atoms with E-state index in [-0.39, 0.29) is 22.8 Å². The van der Waals surface area contributed by atoms with Crippen molar-refractivity contribution in [1.29, 1.82) is 5.26 Å². The summed E-state index contributed by atoms with van der Waals surface area (Å²) in [7, 11) is -3.75. The number of para-hydroxylation sites is 1. The average Bonchev–Trinajstić information content (AvgIpc) is 3.11. The Bertz CT molecular complexity index is 1410. The van der Waals surface area contributed by atoms with Crippen molar-refractivity contribution in [1.82, 2.24) is 0 Å². The first-order valence-electron chi connectivity index (χ1n) is 10.1. The summed E-state index contributed by atoms with van der Waals surface area (Å²) in [6, 6.07) is 23.1. The molecule has 0 fully saturated rings.